The maximum atomic E-state index is 10.7. The molecule has 3 aliphatic heterocycles. The highest BCUT2D eigenvalue weighted by Crippen LogP contribution is 2.30. The fraction of sp³-hybridized carbons (Fsp3) is 1.00. The first-order valence-corrected chi connectivity index (χ1v) is 10.9. The number of hydrogen-bond acceptors (Lipinski definition) is 15. The fourth-order valence-electron chi connectivity index (χ4n) is 4.15. The van der Waals surface area contributed by atoms with Gasteiger partial charge in [0.05, 0.1) is 25.9 Å². The van der Waals surface area contributed by atoms with E-state index in [4.69, 9.17) is 23.7 Å². The van der Waals surface area contributed by atoms with Gasteiger partial charge >= 0.3 is 0 Å². The van der Waals surface area contributed by atoms with E-state index in [1.807, 2.05) is 0 Å². The van der Waals surface area contributed by atoms with E-state index >= 15 is 0 Å². The van der Waals surface area contributed by atoms with Crippen LogP contribution in [-0.2, 0) is 23.7 Å². The molecule has 15 heteroatoms. The smallest absolute Gasteiger partial charge is 0.187 e. The molecule has 0 amide bonds. The molecule has 10 N–H and O–H groups in total. The lowest BCUT2D eigenvalue weighted by Crippen LogP contribution is -2.64. The van der Waals surface area contributed by atoms with Crippen LogP contribution in [0.25, 0.3) is 0 Å². The van der Waals surface area contributed by atoms with Gasteiger partial charge in [0.1, 0.15) is 73.2 Å². The molecule has 3 heterocycles. The minimum absolute atomic E-state index is 0.449. The largest absolute Gasteiger partial charge is 0.394 e. The van der Waals surface area contributed by atoms with Crippen molar-refractivity contribution >= 4 is 0 Å². The molecule has 0 aromatic carbocycles. The molecule has 6 unspecified atom stereocenters. The zero-order valence-electron chi connectivity index (χ0n) is 18.3. The number of aliphatic hydroxyl groups is 10. The Morgan fingerprint density at radius 1 is 0.559 bits per heavy atom. The summed E-state index contributed by atoms with van der Waals surface area (Å²) in [7, 11) is 0. The minimum atomic E-state index is -1.76. The van der Waals surface area contributed by atoms with Gasteiger partial charge in [-0.1, -0.05) is 0 Å². The van der Waals surface area contributed by atoms with E-state index in [2.05, 4.69) is 0 Å². The summed E-state index contributed by atoms with van der Waals surface area (Å²) in [6, 6.07) is 0. The van der Waals surface area contributed by atoms with Crippen LogP contribution < -0.4 is 0 Å². The summed E-state index contributed by atoms with van der Waals surface area (Å²) in [5.74, 6) is 0. The number of aliphatic hydroxyl groups excluding tert-OH is 10. The third-order valence-corrected chi connectivity index (χ3v) is 6.34. The maximum Gasteiger partial charge on any atom is 0.187 e. The molecule has 0 aromatic heterocycles. The molecule has 34 heavy (non-hydrogen) atoms. The number of ether oxygens (including phenoxy) is 5. The second-order valence-corrected chi connectivity index (χ2v) is 8.69. The minimum Gasteiger partial charge on any atom is -0.394 e. The van der Waals surface area contributed by atoms with Crippen LogP contribution in [0.1, 0.15) is 6.92 Å². The molecule has 0 bridgehead atoms. The lowest BCUT2D eigenvalue weighted by Gasteiger charge is -2.46. The van der Waals surface area contributed by atoms with Crippen molar-refractivity contribution < 1.29 is 74.7 Å². The molecular weight excluding hydrogens is 468 g/mol. The monoisotopic (exact) mass is 502 g/mol. The van der Waals surface area contributed by atoms with Gasteiger partial charge in [-0.25, -0.2) is 0 Å². The highest BCUT2D eigenvalue weighted by molar-refractivity contribution is 4.95. The summed E-state index contributed by atoms with van der Waals surface area (Å²) < 4.78 is 26.9. The van der Waals surface area contributed by atoms with E-state index < -0.39 is 112 Å². The van der Waals surface area contributed by atoms with E-state index in [0.29, 0.717) is 0 Å². The van der Waals surface area contributed by atoms with Gasteiger partial charge in [-0.3, -0.25) is 0 Å². The van der Waals surface area contributed by atoms with Crippen molar-refractivity contribution in [3.05, 3.63) is 0 Å². The molecule has 200 valence electrons. The molecular formula is C19H34O15. The Kier molecular flexibility index (Phi) is 9.57. The maximum absolute atomic E-state index is 10.7. The first-order chi connectivity index (χ1) is 16.0. The third kappa shape index (κ3) is 5.54. The first-order valence-electron chi connectivity index (χ1n) is 10.9. The van der Waals surface area contributed by atoms with E-state index in [1.165, 1.54) is 6.92 Å². The molecule has 3 aliphatic rings. The van der Waals surface area contributed by atoms with Crippen LogP contribution >= 0.6 is 0 Å². The van der Waals surface area contributed by atoms with Crippen molar-refractivity contribution in [2.45, 2.75) is 98.9 Å². The highest BCUT2D eigenvalue weighted by Gasteiger charge is 2.50. The molecule has 0 aliphatic carbocycles. The summed E-state index contributed by atoms with van der Waals surface area (Å²) in [5.41, 5.74) is 0. The first kappa shape index (κ1) is 28.0. The normalized spacial score (nSPS) is 52.5. The second kappa shape index (κ2) is 11.6. The van der Waals surface area contributed by atoms with Crippen LogP contribution in [0.4, 0.5) is 0 Å². The summed E-state index contributed by atoms with van der Waals surface area (Å²) in [5, 5.41) is 99.6. The lowest BCUT2D eigenvalue weighted by atomic mass is 9.94. The second-order valence-electron chi connectivity index (χ2n) is 8.69. The van der Waals surface area contributed by atoms with Gasteiger partial charge < -0.3 is 74.7 Å². The fourth-order valence-corrected chi connectivity index (χ4v) is 4.15. The van der Waals surface area contributed by atoms with E-state index in [1.54, 1.807) is 0 Å². The van der Waals surface area contributed by atoms with Gasteiger partial charge in [-0.2, -0.15) is 0 Å². The van der Waals surface area contributed by atoms with Gasteiger partial charge in [0.2, 0.25) is 0 Å². The summed E-state index contributed by atoms with van der Waals surface area (Å²) in [6.07, 6.45) is -22.2. The van der Waals surface area contributed by atoms with Crippen molar-refractivity contribution in [1.82, 2.24) is 0 Å². The van der Waals surface area contributed by atoms with Crippen molar-refractivity contribution in [3.63, 3.8) is 0 Å². The van der Waals surface area contributed by atoms with E-state index in [9.17, 15) is 51.1 Å². The Labute approximate surface area is 194 Å². The van der Waals surface area contributed by atoms with Crippen LogP contribution in [0.3, 0.4) is 0 Å². The van der Waals surface area contributed by atoms with E-state index in [0.717, 1.165) is 0 Å². The molecule has 0 spiro atoms. The third-order valence-electron chi connectivity index (χ3n) is 6.34. The Bertz CT molecular complexity index is 637. The zero-order valence-corrected chi connectivity index (χ0v) is 18.3. The van der Waals surface area contributed by atoms with E-state index in [-0.39, 0.29) is 0 Å². The van der Waals surface area contributed by atoms with Crippen LogP contribution in [0.2, 0.25) is 0 Å². The zero-order chi connectivity index (χ0) is 25.3. The van der Waals surface area contributed by atoms with Crippen LogP contribution in [0.15, 0.2) is 0 Å². The predicted octanol–water partition coefficient (Wildman–Crippen LogP) is -6.50. The van der Waals surface area contributed by atoms with Crippen molar-refractivity contribution in [2.75, 3.05) is 19.8 Å². The van der Waals surface area contributed by atoms with Gasteiger partial charge in [-0.15, -0.1) is 0 Å². The molecule has 0 saturated carbocycles. The molecule has 3 saturated heterocycles. The number of hydrogen-bond donors (Lipinski definition) is 10. The van der Waals surface area contributed by atoms with Gasteiger partial charge in [0.15, 0.2) is 12.6 Å². The Morgan fingerprint density at radius 2 is 1.06 bits per heavy atom. The summed E-state index contributed by atoms with van der Waals surface area (Å²) in [4.78, 5) is 0. The highest BCUT2D eigenvalue weighted by atomic mass is 16.7. The number of rotatable bonds is 7. The van der Waals surface area contributed by atoms with Crippen LogP contribution in [0, 0.1) is 0 Å². The predicted molar refractivity (Wildman–Crippen MR) is 105 cm³/mol. The molecule has 15 nitrogen and oxygen atoms in total. The summed E-state index contributed by atoms with van der Waals surface area (Å²) in [6.45, 7) is -0.349. The topological polar surface area (TPSA) is 248 Å². The molecule has 0 aromatic rings. The SMILES string of the molecule is C[C@@H]1OC(CO[C@H]2OC(CO)[C@@H](O)[C@H](O)C2O)[C@@H](O)[C@H](O[C@H]2O[C@@H](CO)[C@@H](O)C(O)C2O)C1O. The Balaban J connectivity index is 1.65. The van der Waals surface area contributed by atoms with Crippen LogP contribution in [0.5, 0.6) is 0 Å². The standard InChI is InChI=1S/C19H34O15/c1-5-9(22)17(34-19-16(29)14(27)11(24)7(3-21)33-19)12(25)8(31-5)4-30-18-15(28)13(26)10(23)6(2-20)32-18/h5-29H,2-4H2,1H3/t5-,6?,7-,8?,9?,10+,11+,12+,13-,14?,15?,16?,17+,18-,19+/m0/s1. The molecule has 15 atom stereocenters. The van der Waals surface area contributed by atoms with Gasteiger partial charge in [0.25, 0.3) is 0 Å². The Morgan fingerprint density at radius 3 is 1.59 bits per heavy atom. The molecule has 3 rings (SSSR count). The summed E-state index contributed by atoms with van der Waals surface area (Å²) >= 11 is 0. The average molecular weight is 502 g/mol. The van der Waals surface area contributed by atoms with Crippen molar-refractivity contribution in [3.8, 4) is 0 Å². The lowest BCUT2D eigenvalue weighted by molar-refractivity contribution is -0.346. The van der Waals surface area contributed by atoms with Crippen molar-refractivity contribution in [2.24, 2.45) is 0 Å². The van der Waals surface area contributed by atoms with Crippen molar-refractivity contribution in [1.29, 1.82) is 0 Å². The average Bonchev–Trinajstić information content (AvgIpc) is 2.82. The van der Waals surface area contributed by atoms with Crippen LogP contribution in [-0.4, -0.2) is 163 Å². The van der Waals surface area contributed by atoms with Gasteiger partial charge in [-0.05, 0) is 6.92 Å². The quantitative estimate of drug-likeness (QED) is 0.155. The van der Waals surface area contributed by atoms with Gasteiger partial charge in [0, 0.05) is 0 Å². The Hall–Kier alpha value is -0.600. The molecule has 3 fully saturated rings. The molecule has 0 radical (unpaired) electrons.